The average molecular weight is 517 g/mol. The second-order valence-electron chi connectivity index (χ2n) is 6.91. The second kappa shape index (κ2) is 9.40. The van der Waals surface area contributed by atoms with Gasteiger partial charge in [-0.2, -0.15) is 0 Å². The van der Waals surface area contributed by atoms with Gasteiger partial charge in [0.25, 0.3) is 11.6 Å². The number of benzene rings is 3. The van der Waals surface area contributed by atoms with Crippen LogP contribution in [0.3, 0.4) is 0 Å². The van der Waals surface area contributed by atoms with E-state index in [0.717, 1.165) is 10.2 Å². The largest absolute Gasteiger partial charge is 0.331 e. The van der Waals surface area contributed by atoms with Crippen LogP contribution in [0.15, 0.2) is 54.6 Å². The van der Waals surface area contributed by atoms with Crippen LogP contribution < -0.4 is 10.6 Å². The smallest absolute Gasteiger partial charge is 0.273 e. The maximum atomic E-state index is 12.6. The second-order valence-corrected chi connectivity index (χ2v) is 9.17. The van der Waals surface area contributed by atoms with Gasteiger partial charge in [0.2, 0.25) is 0 Å². The minimum absolute atomic E-state index is 0.0228. The first-order chi connectivity index (χ1) is 15.7. The molecule has 0 radical (unpaired) electrons. The fourth-order valence-corrected chi connectivity index (χ4v) is 4.96. The molecule has 0 bridgehead atoms. The van der Waals surface area contributed by atoms with E-state index in [2.05, 4.69) is 15.6 Å². The lowest BCUT2D eigenvalue weighted by molar-refractivity contribution is -0.385. The molecule has 0 saturated heterocycles. The van der Waals surface area contributed by atoms with Crippen LogP contribution in [0.2, 0.25) is 10.0 Å². The molecule has 3 aromatic carbocycles. The number of nitrogens with one attached hydrogen (secondary N) is 2. The summed E-state index contributed by atoms with van der Waals surface area (Å²) in [4.78, 5) is 27.9. The van der Waals surface area contributed by atoms with Crippen molar-refractivity contribution < 1.29 is 9.72 Å². The number of thiocarbonyl (C=S) groups is 1. The molecule has 0 fully saturated rings. The first-order valence-corrected chi connectivity index (χ1v) is 11.4. The number of halogens is 2. The lowest BCUT2D eigenvalue weighted by atomic mass is 10.1. The first kappa shape index (κ1) is 23.1. The van der Waals surface area contributed by atoms with Gasteiger partial charge in [0.15, 0.2) is 5.11 Å². The molecular formula is C22H14Cl2N4O3S2. The minimum Gasteiger partial charge on any atom is -0.331 e. The highest BCUT2D eigenvalue weighted by Gasteiger charge is 2.19. The summed E-state index contributed by atoms with van der Waals surface area (Å²) < 4.78 is 1.02. The highest BCUT2D eigenvalue weighted by atomic mass is 35.5. The van der Waals surface area contributed by atoms with Crippen molar-refractivity contribution in [1.29, 1.82) is 0 Å². The highest BCUT2D eigenvalue weighted by molar-refractivity contribution is 7.80. The molecule has 4 aromatic rings. The number of nitro groups is 1. The standard InChI is InChI=1S/C22H14Cl2N4O3S2/c1-11-12(5-4-7-18(11)28(30)31)20(29)27-22(32)26-17-9-13(14(23)10-15(17)24)21-25-16-6-2-3-8-19(16)33-21/h2-10H,1H3,(H2,26,27,29,32). The molecule has 2 N–H and O–H groups in total. The molecule has 0 aliphatic carbocycles. The van der Waals surface area contributed by atoms with E-state index >= 15 is 0 Å². The van der Waals surface area contributed by atoms with Crippen molar-refractivity contribution in [2.75, 3.05) is 5.32 Å². The Morgan fingerprint density at radius 3 is 2.61 bits per heavy atom. The number of amides is 1. The van der Waals surface area contributed by atoms with Gasteiger partial charge in [0.05, 0.1) is 30.9 Å². The number of nitrogens with zero attached hydrogens (tertiary/aromatic N) is 2. The molecule has 0 aliphatic heterocycles. The number of anilines is 1. The zero-order valence-corrected chi connectivity index (χ0v) is 20.0. The molecule has 0 atom stereocenters. The fourth-order valence-electron chi connectivity index (χ4n) is 3.19. The van der Waals surface area contributed by atoms with Gasteiger partial charge < -0.3 is 5.32 Å². The Labute approximate surface area is 207 Å². The monoisotopic (exact) mass is 516 g/mol. The molecule has 0 spiro atoms. The van der Waals surface area contributed by atoms with Crippen molar-refractivity contribution in [1.82, 2.24) is 10.3 Å². The number of hydrogen-bond donors (Lipinski definition) is 2. The van der Waals surface area contributed by atoms with E-state index in [1.54, 1.807) is 12.1 Å². The predicted octanol–water partition coefficient (Wildman–Crippen LogP) is 6.61. The van der Waals surface area contributed by atoms with Crippen molar-refractivity contribution in [3.05, 3.63) is 85.9 Å². The average Bonchev–Trinajstić information content (AvgIpc) is 3.19. The maximum absolute atomic E-state index is 12.6. The Hall–Kier alpha value is -3.11. The Balaban J connectivity index is 1.57. The molecule has 7 nitrogen and oxygen atoms in total. The lowest BCUT2D eigenvalue weighted by Gasteiger charge is -2.13. The van der Waals surface area contributed by atoms with Crippen LogP contribution in [0.1, 0.15) is 15.9 Å². The highest BCUT2D eigenvalue weighted by Crippen LogP contribution is 2.38. The Kier molecular flexibility index (Phi) is 6.57. The van der Waals surface area contributed by atoms with Gasteiger partial charge in [-0.25, -0.2) is 4.98 Å². The van der Waals surface area contributed by atoms with Crippen LogP contribution in [0.4, 0.5) is 11.4 Å². The van der Waals surface area contributed by atoms with Gasteiger partial charge in [-0.1, -0.05) is 41.4 Å². The number of carbonyl (C=O) groups excluding carboxylic acids is 1. The number of hydrogen-bond acceptors (Lipinski definition) is 6. The summed E-state index contributed by atoms with van der Waals surface area (Å²) in [6.07, 6.45) is 0. The zero-order chi connectivity index (χ0) is 23.7. The topological polar surface area (TPSA) is 97.2 Å². The van der Waals surface area contributed by atoms with Crippen molar-refractivity contribution in [3.8, 4) is 10.6 Å². The van der Waals surface area contributed by atoms with E-state index in [1.165, 1.54) is 36.5 Å². The van der Waals surface area contributed by atoms with Crippen LogP contribution in [0.5, 0.6) is 0 Å². The molecule has 0 unspecified atom stereocenters. The van der Waals surface area contributed by atoms with Gasteiger partial charge in [0.1, 0.15) is 5.01 Å². The number of para-hydroxylation sites is 1. The number of aromatic nitrogens is 1. The number of fused-ring (bicyclic) bond motifs is 1. The summed E-state index contributed by atoms with van der Waals surface area (Å²) in [5.41, 5.74) is 2.18. The molecule has 33 heavy (non-hydrogen) atoms. The van der Waals surface area contributed by atoms with Crippen LogP contribution in [0, 0.1) is 17.0 Å². The third-order valence-corrected chi connectivity index (χ3v) is 6.70. The third kappa shape index (κ3) is 4.81. The van der Waals surface area contributed by atoms with Crippen molar-refractivity contribution in [2.24, 2.45) is 0 Å². The van der Waals surface area contributed by atoms with Gasteiger partial charge in [0, 0.05) is 22.8 Å². The van der Waals surface area contributed by atoms with Crippen LogP contribution in [-0.4, -0.2) is 20.9 Å². The molecule has 1 amide bonds. The van der Waals surface area contributed by atoms with Gasteiger partial charge in [-0.05, 0) is 49.5 Å². The molecule has 1 heterocycles. The summed E-state index contributed by atoms with van der Waals surface area (Å²) in [5.74, 6) is -0.579. The van der Waals surface area contributed by atoms with Crippen molar-refractivity contribution in [3.63, 3.8) is 0 Å². The van der Waals surface area contributed by atoms with E-state index in [9.17, 15) is 14.9 Å². The minimum atomic E-state index is -0.579. The molecular weight excluding hydrogens is 503 g/mol. The number of thiazole rings is 1. The van der Waals surface area contributed by atoms with E-state index in [-0.39, 0.29) is 21.9 Å². The van der Waals surface area contributed by atoms with E-state index in [1.807, 2.05) is 24.3 Å². The quantitative estimate of drug-likeness (QED) is 0.180. The summed E-state index contributed by atoms with van der Waals surface area (Å²) in [6, 6.07) is 15.3. The molecule has 166 valence electrons. The van der Waals surface area contributed by atoms with Crippen molar-refractivity contribution in [2.45, 2.75) is 6.92 Å². The zero-order valence-electron chi connectivity index (χ0n) is 16.9. The summed E-state index contributed by atoms with van der Waals surface area (Å²) in [5, 5.41) is 18.0. The maximum Gasteiger partial charge on any atom is 0.273 e. The predicted molar refractivity (Wildman–Crippen MR) is 137 cm³/mol. The van der Waals surface area contributed by atoms with Crippen LogP contribution in [0.25, 0.3) is 20.8 Å². The number of rotatable bonds is 4. The van der Waals surface area contributed by atoms with Crippen LogP contribution in [-0.2, 0) is 0 Å². The van der Waals surface area contributed by atoms with Crippen LogP contribution >= 0.6 is 46.8 Å². The van der Waals surface area contributed by atoms with Crippen molar-refractivity contribution >= 4 is 79.4 Å². The number of carbonyl (C=O) groups is 1. The van der Waals surface area contributed by atoms with Gasteiger partial charge in [-0.15, -0.1) is 11.3 Å². The summed E-state index contributed by atoms with van der Waals surface area (Å²) in [7, 11) is 0. The normalized spacial score (nSPS) is 10.8. The van der Waals surface area contributed by atoms with E-state index < -0.39 is 10.8 Å². The Bertz CT molecular complexity index is 1410. The molecule has 1 aromatic heterocycles. The lowest BCUT2D eigenvalue weighted by Crippen LogP contribution is -2.34. The molecule has 0 aliphatic rings. The molecule has 11 heteroatoms. The number of nitro benzene ring substituents is 1. The molecule has 0 saturated carbocycles. The van der Waals surface area contributed by atoms with Gasteiger partial charge in [-0.3, -0.25) is 20.2 Å². The van der Waals surface area contributed by atoms with E-state index in [4.69, 9.17) is 35.4 Å². The summed E-state index contributed by atoms with van der Waals surface area (Å²) in [6.45, 7) is 1.50. The third-order valence-electron chi connectivity index (χ3n) is 4.80. The molecule has 4 rings (SSSR count). The first-order valence-electron chi connectivity index (χ1n) is 9.46. The SMILES string of the molecule is Cc1c(C(=O)NC(=S)Nc2cc(-c3nc4ccccc4s3)c(Cl)cc2Cl)cccc1[N+](=O)[O-]. The van der Waals surface area contributed by atoms with Gasteiger partial charge >= 0.3 is 0 Å². The Morgan fingerprint density at radius 1 is 1.12 bits per heavy atom. The Morgan fingerprint density at radius 2 is 1.88 bits per heavy atom. The summed E-state index contributed by atoms with van der Waals surface area (Å²) >= 11 is 19.5. The van der Waals surface area contributed by atoms with E-state index in [0.29, 0.717) is 26.3 Å². The fraction of sp³-hybridized carbons (Fsp3) is 0.0455.